The van der Waals surface area contributed by atoms with Crippen molar-refractivity contribution in [2.45, 2.75) is 25.8 Å². The molecule has 0 bridgehead atoms. The lowest BCUT2D eigenvalue weighted by atomic mass is 10.1. The molecule has 2 amide bonds. The fraction of sp³-hybridized carbons (Fsp3) is 0.364. The third-order valence-electron chi connectivity index (χ3n) is 5.59. The summed E-state index contributed by atoms with van der Waals surface area (Å²) in [4.78, 5) is 29.4. The van der Waals surface area contributed by atoms with Crippen molar-refractivity contribution in [2.75, 3.05) is 36.0 Å². The van der Waals surface area contributed by atoms with Crippen LogP contribution in [0, 0.1) is 0 Å². The molecular formula is C22H25N3O3. The number of benzene rings is 2. The molecule has 2 aliphatic rings. The van der Waals surface area contributed by atoms with Crippen LogP contribution < -0.4 is 9.80 Å². The molecule has 1 saturated heterocycles. The minimum atomic E-state index is -0.855. The van der Waals surface area contributed by atoms with E-state index in [1.165, 1.54) is 10.5 Å². The molecule has 2 heterocycles. The molecule has 28 heavy (non-hydrogen) atoms. The van der Waals surface area contributed by atoms with Gasteiger partial charge in [0.2, 0.25) is 5.91 Å². The molecule has 0 saturated carbocycles. The number of piperazine rings is 1. The Labute approximate surface area is 165 Å². The van der Waals surface area contributed by atoms with Crippen molar-refractivity contribution in [1.29, 1.82) is 0 Å². The molecule has 6 nitrogen and oxygen atoms in total. The molecular weight excluding hydrogens is 354 g/mol. The second-order valence-corrected chi connectivity index (χ2v) is 7.39. The molecule has 146 valence electrons. The van der Waals surface area contributed by atoms with E-state index in [4.69, 9.17) is 5.11 Å². The number of para-hydroxylation sites is 1. The Morgan fingerprint density at radius 3 is 2.54 bits per heavy atom. The number of aryl methyl sites for hydroxylation is 1. The fourth-order valence-corrected chi connectivity index (χ4v) is 4.05. The van der Waals surface area contributed by atoms with Crippen LogP contribution in [0.2, 0.25) is 0 Å². The van der Waals surface area contributed by atoms with Gasteiger partial charge in [0.25, 0.3) is 0 Å². The minimum Gasteiger partial charge on any atom is -0.465 e. The van der Waals surface area contributed by atoms with Crippen LogP contribution in [0.5, 0.6) is 0 Å². The summed E-state index contributed by atoms with van der Waals surface area (Å²) < 4.78 is 0. The van der Waals surface area contributed by atoms with Gasteiger partial charge in [-0.05, 0) is 42.2 Å². The quantitative estimate of drug-likeness (QED) is 0.888. The van der Waals surface area contributed by atoms with E-state index in [0.717, 1.165) is 29.8 Å². The van der Waals surface area contributed by atoms with E-state index in [1.54, 1.807) is 0 Å². The Balaban J connectivity index is 1.52. The maximum atomic E-state index is 12.7. The zero-order chi connectivity index (χ0) is 19.5. The molecule has 2 aliphatic heterocycles. The van der Waals surface area contributed by atoms with Crippen molar-refractivity contribution >= 4 is 23.4 Å². The molecule has 2 aromatic rings. The first kappa shape index (κ1) is 18.3. The van der Waals surface area contributed by atoms with Crippen LogP contribution in [-0.4, -0.2) is 48.2 Å². The summed E-state index contributed by atoms with van der Waals surface area (Å²) in [6.45, 7) is 2.94. The van der Waals surface area contributed by atoms with Crippen LogP contribution in [0.1, 0.15) is 24.0 Å². The number of nitrogens with zero attached hydrogens (tertiary/aromatic N) is 3. The SMILES string of the molecule is O=C(O)N1CCN(c2cccc(CN3C(=O)CCCc4ccccc43)c2)CC1. The minimum absolute atomic E-state index is 0.172. The standard InChI is InChI=1S/C22H25N3O3/c26-21-10-4-7-18-6-1-2-9-20(18)25(21)16-17-5-3-8-19(15-17)23-11-13-24(14-12-23)22(27)28/h1-3,5-6,8-9,15H,4,7,10-14,16H2,(H,27,28). The van der Waals surface area contributed by atoms with Gasteiger partial charge in [-0.2, -0.15) is 0 Å². The number of rotatable bonds is 3. The molecule has 0 spiro atoms. The largest absolute Gasteiger partial charge is 0.465 e. The molecule has 4 rings (SSSR count). The maximum Gasteiger partial charge on any atom is 0.407 e. The fourth-order valence-electron chi connectivity index (χ4n) is 4.05. The molecule has 0 atom stereocenters. The van der Waals surface area contributed by atoms with Gasteiger partial charge in [0.05, 0.1) is 6.54 Å². The highest BCUT2D eigenvalue weighted by Gasteiger charge is 2.23. The number of hydrogen-bond donors (Lipinski definition) is 1. The monoisotopic (exact) mass is 379 g/mol. The number of carbonyl (C=O) groups is 2. The topological polar surface area (TPSA) is 64.1 Å². The Morgan fingerprint density at radius 2 is 1.75 bits per heavy atom. The van der Waals surface area contributed by atoms with E-state index in [-0.39, 0.29) is 5.91 Å². The zero-order valence-corrected chi connectivity index (χ0v) is 15.9. The first-order chi connectivity index (χ1) is 13.6. The van der Waals surface area contributed by atoms with Crippen molar-refractivity contribution in [2.24, 2.45) is 0 Å². The summed E-state index contributed by atoms with van der Waals surface area (Å²) in [7, 11) is 0. The highest BCUT2D eigenvalue weighted by atomic mass is 16.4. The van der Waals surface area contributed by atoms with Crippen LogP contribution in [0.4, 0.5) is 16.2 Å². The second kappa shape index (κ2) is 7.92. The summed E-state index contributed by atoms with van der Waals surface area (Å²) in [5, 5.41) is 9.12. The Bertz CT molecular complexity index is 875. The highest BCUT2D eigenvalue weighted by molar-refractivity contribution is 5.94. The van der Waals surface area contributed by atoms with Crippen molar-refractivity contribution in [3.8, 4) is 0 Å². The number of carbonyl (C=O) groups excluding carboxylic acids is 1. The molecule has 0 aromatic heterocycles. The average Bonchev–Trinajstić information content (AvgIpc) is 2.87. The highest BCUT2D eigenvalue weighted by Crippen LogP contribution is 2.29. The molecule has 1 fully saturated rings. The maximum absolute atomic E-state index is 12.7. The van der Waals surface area contributed by atoms with E-state index in [9.17, 15) is 9.59 Å². The molecule has 1 N–H and O–H groups in total. The number of hydrogen-bond acceptors (Lipinski definition) is 3. The lowest BCUT2D eigenvalue weighted by Gasteiger charge is -2.35. The van der Waals surface area contributed by atoms with E-state index in [2.05, 4.69) is 29.2 Å². The van der Waals surface area contributed by atoms with Crippen molar-refractivity contribution in [1.82, 2.24) is 4.90 Å². The van der Waals surface area contributed by atoms with E-state index in [1.807, 2.05) is 29.2 Å². The molecule has 0 radical (unpaired) electrons. The van der Waals surface area contributed by atoms with Gasteiger partial charge < -0.3 is 19.8 Å². The Hall–Kier alpha value is -3.02. The Kier molecular flexibility index (Phi) is 5.19. The lowest BCUT2D eigenvalue weighted by molar-refractivity contribution is -0.118. The van der Waals surface area contributed by atoms with Crippen molar-refractivity contribution < 1.29 is 14.7 Å². The predicted octanol–water partition coefficient (Wildman–Crippen LogP) is 3.36. The normalized spacial score (nSPS) is 17.3. The van der Waals surface area contributed by atoms with Gasteiger partial charge in [-0.25, -0.2) is 4.79 Å². The van der Waals surface area contributed by atoms with Crippen LogP contribution >= 0.6 is 0 Å². The lowest BCUT2D eigenvalue weighted by Crippen LogP contribution is -2.48. The smallest absolute Gasteiger partial charge is 0.407 e. The van der Waals surface area contributed by atoms with E-state index in [0.29, 0.717) is 39.1 Å². The summed E-state index contributed by atoms with van der Waals surface area (Å²) in [6.07, 6.45) is 1.55. The second-order valence-electron chi connectivity index (χ2n) is 7.39. The third kappa shape index (κ3) is 3.81. The Morgan fingerprint density at radius 1 is 0.964 bits per heavy atom. The molecule has 0 unspecified atom stereocenters. The van der Waals surface area contributed by atoms with Crippen LogP contribution in [-0.2, 0) is 17.8 Å². The summed E-state index contributed by atoms with van der Waals surface area (Å²) in [5.74, 6) is 0.172. The third-order valence-corrected chi connectivity index (χ3v) is 5.59. The van der Waals surface area contributed by atoms with Gasteiger partial charge >= 0.3 is 6.09 Å². The number of carboxylic acid groups (broad SMARTS) is 1. The first-order valence-corrected chi connectivity index (χ1v) is 9.82. The summed E-state index contributed by atoms with van der Waals surface area (Å²) in [5.41, 5.74) is 4.42. The van der Waals surface area contributed by atoms with E-state index < -0.39 is 6.09 Å². The average molecular weight is 379 g/mol. The predicted molar refractivity (Wildman–Crippen MR) is 109 cm³/mol. The summed E-state index contributed by atoms with van der Waals surface area (Å²) in [6, 6.07) is 16.4. The van der Waals surface area contributed by atoms with Gasteiger partial charge in [-0.1, -0.05) is 30.3 Å². The first-order valence-electron chi connectivity index (χ1n) is 9.82. The summed E-state index contributed by atoms with van der Waals surface area (Å²) >= 11 is 0. The molecule has 2 aromatic carbocycles. The van der Waals surface area contributed by atoms with Crippen molar-refractivity contribution in [3.05, 3.63) is 59.7 Å². The van der Waals surface area contributed by atoms with Gasteiger partial charge in [0.1, 0.15) is 0 Å². The van der Waals surface area contributed by atoms with Crippen LogP contribution in [0.3, 0.4) is 0 Å². The van der Waals surface area contributed by atoms with Gasteiger partial charge in [-0.15, -0.1) is 0 Å². The van der Waals surface area contributed by atoms with Gasteiger partial charge in [0.15, 0.2) is 0 Å². The van der Waals surface area contributed by atoms with Crippen LogP contribution in [0.25, 0.3) is 0 Å². The van der Waals surface area contributed by atoms with E-state index >= 15 is 0 Å². The molecule has 0 aliphatic carbocycles. The van der Waals surface area contributed by atoms with Crippen molar-refractivity contribution in [3.63, 3.8) is 0 Å². The zero-order valence-electron chi connectivity index (χ0n) is 15.9. The number of fused-ring (bicyclic) bond motifs is 1. The van der Waals surface area contributed by atoms with Crippen LogP contribution in [0.15, 0.2) is 48.5 Å². The van der Waals surface area contributed by atoms with Gasteiger partial charge in [0, 0.05) is 44.0 Å². The number of anilines is 2. The molecule has 6 heteroatoms. The number of amides is 2. The van der Waals surface area contributed by atoms with Gasteiger partial charge in [-0.3, -0.25) is 4.79 Å².